The maximum Gasteiger partial charge on any atom is 0.306 e. The number of ether oxygens (including phenoxy) is 3. The zero-order chi connectivity index (χ0) is 50.7. The van der Waals surface area contributed by atoms with Gasteiger partial charge >= 0.3 is 17.9 Å². The highest BCUT2D eigenvalue weighted by Crippen LogP contribution is 2.18. The third-order valence-corrected chi connectivity index (χ3v) is 14.2. The Bertz CT molecular complexity index is 1130. The van der Waals surface area contributed by atoms with E-state index in [0.29, 0.717) is 19.3 Å². The molecule has 0 heterocycles. The summed E-state index contributed by atoms with van der Waals surface area (Å²) in [5.74, 6) is -0.858. The Labute approximate surface area is 436 Å². The molecule has 0 aromatic rings. The lowest BCUT2D eigenvalue weighted by molar-refractivity contribution is -0.167. The summed E-state index contributed by atoms with van der Waals surface area (Å²) in [6, 6.07) is 0. The predicted octanol–water partition coefficient (Wildman–Crippen LogP) is 21.1. The Balaban J connectivity index is 4.34. The van der Waals surface area contributed by atoms with E-state index < -0.39 is 6.10 Å². The number of carbonyl (C=O) groups excluding carboxylic acids is 3. The van der Waals surface area contributed by atoms with Crippen LogP contribution >= 0.6 is 0 Å². The molecule has 412 valence electrons. The van der Waals surface area contributed by atoms with Crippen LogP contribution in [0.25, 0.3) is 0 Å². The van der Waals surface area contributed by atoms with E-state index in [2.05, 4.69) is 45.1 Å². The molecule has 1 atom stereocenters. The number of carbonyl (C=O) groups is 3. The van der Waals surface area contributed by atoms with Crippen LogP contribution in [-0.2, 0) is 28.6 Å². The quantitative estimate of drug-likeness (QED) is 0.0261. The summed E-state index contributed by atoms with van der Waals surface area (Å²) in [7, 11) is 0. The number of hydrogen-bond donors (Lipinski definition) is 0. The molecule has 0 spiro atoms. The van der Waals surface area contributed by atoms with Crippen LogP contribution in [0.2, 0.25) is 0 Å². The monoisotopic (exact) mass is 985 g/mol. The zero-order valence-electron chi connectivity index (χ0n) is 47.3. The average molecular weight is 986 g/mol. The molecular weight excluding hydrogens is 865 g/mol. The van der Waals surface area contributed by atoms with Crippen molar-refractivity contribution in [2.24, 2.45) is 0 Å². The van der Waals surface area contributed by atoms with Crippen molar-refractivity contribution in [3.63, 3.8) is 0 Å². The second-order valence-corrected chi connectivity index (χ2v) is 21.4. The smallest absolute Gasteiger partial charge is 0.306 e. The second-order valence-electron chi connectivity index (χ2n) is 21.4. The third-order valence-electron chi connectivity index (χ3n) is 14.2. The molecule has 0 amide bonds. The molecular formula is C64H120O6. The van der Waals surface area contributed by atoms with Crippen molar-refractivity contribution in [1.82, 2.24) is 0 Å². The third kappa shape index (κ3) is 56.8. The standard InChI is InChI=1S/C64H120O6/c1-4-7-10-13-16-19-22-25-28-31-33-36-39-42-45-48-51-54-57-63(66)69-60-61(59-68-62(65)56-53-50-47-44-41-38-35-30-27-24-21-18-15-12-9-6-3)70-64(67)58-55-52-49-46-43-40-37-34-32-29-26-23-20-17-14-11-8-5-2/h28,31,33,36,61H,4-27,29-30,32,34-35,37-60H2,1-3H3/b31-28-,36-33-. The first-order valence-electron chi connectivity index (χ1n) is 31.4. The topological polar surface area (TPSA) is 78.9 Å². The fourth-order valence-corrected chi connectivity index (χ4v) is 9.50. The Kier molecular flexibility index (Phi) is 57.7. The summed E-state index contributed by atoms with van der Waals surface area (Å²) in [4.78, 5) is 38.3. The van der Waals surface area contributed by atoms with Crippen LogP contribution in [0.15, 0.2) is 24.3 Å². The van der Waals surface area contributed by atoms with Gasteiger partial charge in [0.1, 0.15) is 13.2 Å². The van der Waals surface area contributed by atoms with Gasteiger partial charge in [0.2, 0.25) is 0 Å². The molecule has 0 aliphatic heterocycles. The van der Waals surface area contributed by atoms with E-state index in [0.717, 1.165) is 77.0 Å². The van der Waals surface area contributed by atoms with Crippen LogP contribution in [-0.4, -0.2) is 37.2 Å². The predicted molar refractivity (Wildman–Crippen MR) is 303 cm³/mol. The van der Waals surface area contributed by atoms with Crippen LogP contribution in [0.3, 0.4) is 0 Å². The van der Waals surface area contributed by atoms with E-state index in [9.17, 15) is 14.4 Å². The van der Waals surface area contributed by atoms with Crippen LogP contribution in [0.5, 0.6) is 0 Å². The van der Waals surface area contributed by atoms with Crippen LogP contribution in [0, 0.1) is 0 Å². The van der Waals surface area contributed by atoms with Crippen LogP contribution < -0.4 is 0 Å². The second kappa shape index (κ2) is 59.5. The zero-order valence-corrected chi connectivity index (χ0v) is 47.3. The molecule has 0 rings (SSSR count). The van der Waals surface area contributed by atoms with E-state index in [-0.39, 0.29) is 31.1 Å². The van der Waals surface area contributed by atoms with E-state index in [4.69, 9.17) is 14.2 Å². The minimum Gasteiger partial charge on any atom is -0.462 e. The van der Waals surface area contributed by atoms with Crippen molar-refractivity contribution >= 4 is 17.9 Å². The Hall–Kier alpha value is -2.11. The number of hydrogen-bond acceptors (Lipinski definition) is 6. The van der Waals surface area contributed by atoms with Crippen LogP contribution in [0.1, 0.15) is 348 Å². The lowest BCUT2D eigenvalue weighted by atomic mass is 10.0. The molecule has 0 N–H and O–H groups in total. The molecule has 0 saturated carbocycles. The van der Waals surface area contributed by atoms with E-state index in [1.54, 1.807) is 0 Å². The number of esters is 3. The van der Waals surface area contributed by atoms with Gasteiger partial charge in [-0.05, 0) is 44.9 Å². The van der Waals surface area contributed by atoms with Gasteiger partial charge in [-0.15, -0.1) is 0 Å². The molecule has 0 fully saturated rings. The number of rotatable bonds is 58. The van der Waals surface area contributed by atoms with Gasteiger partial charge in [0.15, 0.2) is 6.10 Å². The van der Waals surface area contributed by atoms with Gasteiger partial charge in [-0.25, -0.2) is 0 Å². The molecule has 0 aromatic carbocycles. The van der Waals surface area contributed by atoms with Crippen molar-refractivity contribution in [3.8, 4) is 0 Å². The van der Waals surface area contributed by atoms with Gasteiger partial charge in [-0.2, -0.15) is 0 Å². The highest BCUT2D eigenvalue weighted by Gasteiger charge is 2.19. The van der Waals surface area contributed by atoms with Crippen molar-refractivity contribution in [1.29, 1.82) is 0 Å². The van der Waals surface area contributed by atoms with Gasteiger partial charge in [0.25, 0.3) is 0 Å². The lowest BCUT2D eigenvalue weighted by Gasteiger charge is -2.18. The summed E-state index contributed by atoms with van der Waals surface area (Å²) in [5.41, 5.74) is 0. The molecule has 0 radical (unpaired) electrons. The van der Waals surface area contributed by atoms with Crippen molar-refractivity contribution in [2.45, 2.75) is 354 Å². The van der Waals surface area contributed by atoms with E-state index in [1.165, 1.54) is 231 Å². The van der Waals surface area contributed by atoms with Crippen LogP contribution in [0.4, 0.5) is 0 Å². The number of allylic oxidation sites excluding steroid dienone is 4. The molecule has 0 bridgehead atoms. The first kappa shape index (κ1) is 67.9. The molecule has 0 saturated heterocycles. The SMILES string of the molecule is CCCCCCCCC/C=C\C=C/CCCCCCCC(=O)OCC(COC(=O)CCCCCCCCCCCCCCCCCC)OC(=O)CCCCCCCCCCCCCCCCCCCC. The molecule has 6 heteroatoms. The van der Waals surface area contributed by atoms with Gasteiger partial charge in [0.05, 0.1) is 0 Å². The fraction of sp³-hybridized carbons (Fsp3) is 0.891. The molecule has 0 aliphatic carbocycles. The Morgan fingerprint density at radius 2 is 0.500 bits per heavy atom. The van der Waals surface area contributed by atoms with Gasteiger partial charge in [-0.1, -0.05) is 308 Å². The maximum absolute atomic E-state index is 12.9. The molecule has 70 heavy (non-hydrogen) atoms. The minimum atomic E-state index is -0.773. The molecule has 0 aromatic heterocycles. The number of unbranched alkanes of at least 4 members (excludes halogenated alkanes) is 44. The molecule has 1 unspecified atom stereocenters. The fourth-order valence-electron chi connectivity index (χ4n) is 9.50. The Morgan fingerprint density at radius 3 is 0.757 bits per heavy atom. The van der Waals surface area contributed by atoms with Gasteiger partial charge < -0.3 is 14.2 Å². The summed E-state index contributed by atoms with van der Waals surface area (Å²) >= 11 is 0. The summed E-state index contributed by atoms with van der Waals surface area (Å²) < 4.78 is 16.9. The van der Waals surface area contributed by atoms with E-state index >= 15 is 0 Å². The highest BCUT2D eigenvalue weighted by molar-refractivity contribution is 5.71. The highest BCUT2D eigenvalue weighted by atomic mass is 16.6. The van der Waals surface area contributed by atoms with Gasteiger partial charge in [-0.3, -0.25) is 14.4 Å². The first-order chi connectivity index (χ1) is 34.5. The summed E-state index contributed by atoms with van der Waals surface area (Å²) in [6.07, 6.45) is 70.3. The van der Waals surface area contributed by atoms with E-state index in [1.807, 2.05) is 0 Å². The van der Waals surface area contributed by atoms with Gasteiger partial charge in [0, 0.05) is 19.3 Å². The molecule has 0 aliphatic rings. The normalized spacial score (nSPS) is 12.1. The van der Waals surface area contributed by atoms with Crippen molar-refractivity contribution < 1.29 is 28.6 Å². The lowest BCUT2D eigenvalue weighted by Crippen LogP contribution is -2.30. The van der Waals surface area contributed by atoms with Crippen molar-refractivity contribution in [2.75, 3.05) is 13.2 Å². The molecule has 6 nitrogen and oxygen atoms in total. The largest absolute Gasteiger partial charge is 0.462 e. The maximum atomic E-state index is 12.9. The summed E-state index contributed by atoms with van der Waals surface area (Å²) in [6.45, 7) is 6.69. The Morgan fingerprint density at radius 1 is 0.286 bits per heavy atom. The minimum absolute atomic E-state index is 0.0702. The average Bonchev–Trinajstić information content (AvgIpc) is 3.36. The summed E-state index contributed by atoms with van der Waals surface area (Å²) in [5, 5.41) is 0. The first-order valence-corrected chi connectivity index (χ1v) is 31.4. The van der Waals surface area contributed by atoms with Crippen molar-refractivity contribution in [3.05, 3.63) is 24.3 Å².